The van der Waals surface area contributed by atoms with Crippen LogP contribution >= 0.6 is 0 Å². The topological polar surface area (TPSA) is 201 Å². The number of nitrogens with zero attached hydrogens (tertiary/aromatic N) is 4. The minimum atomic E-state index is -1.11. The van der Waals surface area contributed by atoms with E-state index in [1.165, 1.54) is 18.2 Å². The third kappa shape index (κ3) is 9.80. The molecule has 3 aromatic rings. The fraction of sp³-hybridized carbons (Fsp3) is 0.351. The molecule has 50 heavy (non-hydrogen) atoms. The molecule has 13 heteroatoms. The molecule has 2 heterocycles. The van der Waals surface area contributed by atoms with E-state index in [-0.39, 0.29) is 47.5 Å². The number of nitriles is 2. The van der Waals surface area contributed by atoms with Crippen molar-refractivity contribution in [2.24, 2.45) is 5.73 Å². The molecule has 1 amide bonds. The van der Waals surface area contributed by atoms with Crippen molar-refractivity contribution in [3.05, 3.63) is 99.9 Å². The Labute approximate surface area is 290 Å². The van der Waals surface area contributed by atoms with E-state index < -0.39 is 17.3 Å². The second kappa shape index (κ2) is 16.8. The Hall–Kier alpha value is -5.47. The number of piperidine rings is 1. The number of nitrogens with one attached hydrogen (secondary N) is 2. The standard InChI is InChI=1S/C37H42FN7O5/c1-23(25-7-10-33(32(46)17-25)50-22-37(2,3)48)35(26-5-6-27(18-39)31(38)16-26)30(19-40)36(41)45-14-12-29(13-15-45)43-21-24-4-8-28(42-20-24)9-11-34(47)44-49/h4-8,10,16-17,20,29,43,46,48-49H,9,11-15,21-22,41H2,1-3H3,(H,44,47)/b35-23+,36-30+. The molecule has 0 spiro atoms. The highest BCUT2D eigenvalue weighted by molar-refractivity contribution is 6.00. The maximum Gasteiger partial charge on any atom is 0.243 e. The average Bonchev–Trinajstić information content (AvgIpc) is 3.11. The highest BCUT2D eigenvalue weighted by Gasteiger charge is 2.25. The van der Waals surface area contributed by atoms with Gasteiger partial charge in [-0.05, 0) is 92.6 Å². The lowest BCUT2D eigenvalue weighted by molar-refractivity contribution is -0.129. The monoisotopic (exact) mass is 683 g/mol. The molecule has 7 N–H and O–H groups in total. The number of aliphatic hydroxyl groups is 1. The third-order valence-electron chi connectivity index (χ3n) is 8.39. The number of nitrogens with two attached hydrogens (primary N) is 1. The molecule has 0 bridgehead atoms. The van der Waals surface area contributed by atoms with E-state index in [1.807, 2.05) is 23.1 Å². The molecule has 0 radical (unpaired) electrons. The molecule has 1 aromatic heterocycles. The maximum absolute atomic E-state index is 14.9. The molecule has 1 fully saturated rings. The van der Waals surface area contributed by atoms with Gasteiger partial charge in [0, 0.05) is 49.6 Å². The summed E-state index contributed by atoms with van der Waals surface area (Å²) in [5, 5.41) is 52.7. The largest absolute Gasteiger partial charge is 0.504 e. The fourth-order valence-electron chi connectivity index (χ4n) is 5.57. The fourth-order valence-corrected chi connectivity index (χ4v) is 5.57. The van der Waals surface area contributed by atoms with Gasteiger partial charge in [-0.25, -0.2) is 9.87 Å². The van der Waals surface area contributed by atoms with Gasteiger partial charge in [-0.1, -0.05) is 18.2 Å². The van der Waals surface area contributed by atoms with Crippen molar-refractivity contribution in [3.8, 4) is 23.6 Å². The number of phenolic OH excluding ortho intramolecular Hbond substituents is 1. The van der Waals surface area contributed by atoms with Crippen LogP contribution in [-0.4, -0.2) is 62.6 Å². The maximum atomic E-state index is 14.9. The number of carbonyl (C=O) groups is 1. The van der Waals surface area contributed by atoms with Gasteiger partial charge in [0.05, 0.1) is 11.2 Å². The average molecular weight is 684 g/mol. The Bertz CT molecular complexity index is 1830. The van der Waals surface area contributed by atoms with Crippen LogP contribution in [0.3, 0.4) is 0 Å². The molecule has 0 unspecified atom stereocenters. The van der Waals surface area contributed by atoms with Crippen molar-refractivity contribution in [3.63, 3.8) is 0 Å². The first kappa shape index (κ1) is 37.4. The molecule has 0 saturated carbocycles. The summed E-state index contributed by atoms with van der Waals surface area (Å²) in [5.41, 5.74) is 10.7. The summed E-state index contributed by atoms with van der Waals surface area (Å²) in [4.78, 5) is 17.6. The Morgan fingerprint density at radius 2 is 1.86 bits per heavy atom. The summed E-state index contributed by atoms with van der Waals surface area (Å²) in [7, 11) is 0. The lowest BCUT2D eigenvalue weighted by Crippen LogP contribution is -2.43. The van der Waals surface area contributed by atoms with Crippen LogP contribution in [0, 0.1) is 28.5 Å². The van der Waals surface area contributed by atoms with Crippen LogP contribution in [0.2, 0.25) is 0 Å². The number of likely N-dealkylation sites (tertiary alicyclic amines) is 1. The molecule has 1 saturated heterocycles. The number of pyridine rings is 1. The summed E-state index contributed by atoms with van der Waals surface area (Å²) < 4.78 is 20.5. The number of amides is 1. The van der Waals surface area contributed by atoms with E-state index in [1.54, 1.807) is 50.6 Å². The molecule has 262 valence electrons. The van der Waals surface area contributed by atoms with E-state index in [4.69, 9.17) is 15.7 Å². The number of benzene rings is 2. The minimum absolute atomic E-state index is 0.0477. The number of phenols is 1. The number of rotatable bonds is 13. The first-order valence-electron chi connectivity index (χ1n) is 16.2. The Balaban J connectivity index is 1.55. The van der Waals surface area contributed by atoms with E-state index in [9.17, 15) is 29.9 Å². The van der Waals surface area contributed by atoms with Crippen LogP contribution in [0.25, 0.3) is 11.1 Å². The van der Waals surface area contributed by atoms with Crippen LogP contribution in [-0.2, 0) is 17.8 Å². The SMILES string of the molecule is C/C(=C(\C(C#N)=C(/N)N1CCC(NCc2ccc(CCC(=O)NO)nc2)CC1)c1ccc(C#N)c(F)c1)c1ccc(OCC(C)(C)O)c(O)c1. The molecular formula is C37H42FN7O5. The molecule has 2 aromatic carbocycles. The van der Waals surface area contributed by atoms with E-state index >= 15 is 0 Å². The molecule has 0 aliphatic carbocycles. The van der Waals surface area contributed by atoms with Gasteiger partial charge in [-0.15, -0.1) is 0 Å². The normalized spacial score (nSPS) is 14.6. The van der Waals surface area contributed by atoms with Gasteiger partial charge in [0.1, 0.15) is 36.0 Å². The van der Waals surface area contributed by atoms with E-state index in [2.05, 4.69) is 16.4 Å². The second-order valence-electron chi connectivity index (χ2n) is 12.8. The van der Waals surface area contributed by atoms with Crippen molar-refractivity contribution >= 4 is 17.1 Å². The van der Waals surface area contributed by atoms with Crippen molar-refractivity contribution in [2.75, 3.05) is 19.7 Å². The van der Waals surface area contributed by atoms with Crippen LogP contribution in [0.1, 0.15) is 68.0 Å². The van der Waals surface area contributed by atoms with Crippen molar-refractivity contribution in [2.45, 2.75) is 64.6 Å². The van der Waals surface area contributed by atoms with E-state index in [0.29, 0.717) is 48.3 Å². The summed E-state index contributed by atoms with van der Waals surface area (Å²) in [6.45, 7) is 6.56. The van der Waals surface area contributed by atoms with Gasteiger partial charge in [0.2, 0.25) is 5.91 Å². The Morgan fingerprint density at radius 3 is 2.44 bits per heavy atom. The van der Waals surface area contributed by atoms with Gasteiger partial charge in [0.15, 0.2) is 11.5 Å². The zero-order chi connectivity index (χ0) is 36.4. The van der Waals surface area contributed by atoms with E-state index in [0.717, 1.165) is 24.1 Å². The molecule has 1 aliphatic rings. The molecule has 0 atom stereocenters. The number of hydrogen-bond donors (Lipinski definition) is 6. The number of carbonyl (C=O) groups excluding carboxylic acids is 1. The summed E-state index contributed by atoms with van der Waals surface area (Å²) in [6.07, 6.45) is 3.80. The molecule has 4 rings (SSSR count). The van der Waals surface area contributed by atoms with Crippen LogP contribution < -0.4 is 21.3 Å². The van der Waals surface area contributed by atoms with Gasteiger partial charge in [0.25, 0.3) is 0 Å². The number of aromatic hydroxyl groups is 1. The number of hydrogen-bond acceptors (Lipinski definition) is 11. The Morgan fingerprint density at radius 1 is 1.14 bits per heavy atom. The van der Waals surface area contributed by atoms with Gasteiger partial charge in [-0.2, -0.15) is 10.5 Å². The third-order valence-corrected chi connectivity index (χ3v) is 8.39. The summed E-state index contributed by atoms with van der Waals surface area (Å²) >= 11 is 0. The van der Waals surface area contributed by atoms with Gasteiger partial charge < -0.3 is 30.9 Å². The smallest absolute Gasteiger partial charge is 0.243 e. The number of allylic oxidation sites excluding steroid dienone is 3. The molecule has 12 nitrogen and oxygen atoms in total. The number of hydroxylamine groups is 1. The quantitative estimate of drug-likeness (QED) is 0.0494. The van der Waals surface area contributed by atoms with Crippen molar-refractivity contribution < 1.29 is 29.3 Å². The van der Waals surface area contributed by atoms with Gasteiger partial charge in [-0.3, -0.25) is 15.0 Å². The van der Waals surface area contributed by atoms with Crippen LogP contribution in [0.15, 0.2) is 66.1 Å². The van der Waals surface area contributed by atoms with Gasteiger partial charge >= 0.3 is 0 Å². The van der Waals surface area contributed by atoms with Crippen molar-refractivity contribution in [1.82, 2.24) is 20.7 Å². The Kier molecular flexibility index (Phi) is 12.5. The van der Waals surface area contributed by atoms with Crippen molar-refractivity contribution in [1.29, 1.82) is 10.5 Å². The van der Waals surface area contributed by atoms with Crippen LogP contribution in [0.5, 0.6) is 11.5 Å². The lowest BCUT2D eigenvalue weighted by Gasteiger charge is -2.35. The second-order valence-corrected chi connectivity index (χ2v) is 12.8. The number of aromatic nitrogens is 1. The lowest BCUT2D eigenvalue weighted by atomic mass is 9.89. The first-order valence-corrected chi connectivity index (χ1v) is 16.2. The molecule has 1 aliphatic heterocycles. The number of halogens is 1. The number of aryl methyl sites for hydroxylation is 1. The summed E-state index contributed by atoms with van der Waals surface area (Å²) in [5.74, 6) is -0.989. The predicted molar refractivity (Wildman–Crippen MR) is 184 cm³/mol. The number of ether oxygens (including phenoxy) is 1. The minimum Gasteiger partial charge on any atom is -0.504 e. The predicted octanol–water partition coefficient (Wildman–Crippen LogP) is 4.26. The van der Waals surface area contributed by atoms with Crippen LogP contribution in [0.4, 0.5) is 4.39 Å². The molecular weight excluding hydrogens is 641 g/mol. The summed E-state index contributed by atoms with van der Waals surface area (Å²) in [6, 6.07) is 16.9. The first-order chi connectivity index (χ1) is 23.8. The highest BCUT2D eigenvalue weighted by atomic mass is 19.1. The zero-order valence-electron chi connectivity index (χ0n) is 28.3. The highest BCUT2D eigenvalue weighted by Crippen LogP contribution is 2.37. The zero-order valence-corrected chi connectivity index (χ0v) is 28.3.